The Kier molecular flexibility index (Phi) is 4.61. The van der Waals surface area contributed by atoms with Crippen LogP contribution in [0, 0.1) is 18.8 Å². The Labute approximate surface area is 185 Å². The number of aryl methyl sites for hydroxylation is 1. The molecule has 3 N–H and O–H groups in total. The summed E-state index contributed by atoms with van der Waals surface area (Å²) in [4.78, 5) is 41.8. The standard InChI is InChI=1S/C24H25N3O5/c1-12-7-6-9-15-19(12)25-23(31)24(15)18-17(20(26-24)13(2)28)21(29)27(22(18)30)11-14-8-4-5-10-16(14)32-3/h4-10,13,17-18,20,26,28H,11H2,1-3H3,(H,25,31)/t13-,17-,18-,20-,24+/m0/s1. The van der Waals surface area contributed by atoms with Crippen LogP contribution < -0.4 is 15.4 Å². The molecule has 8 heteroatoms. The van der Waals surface area contributed by atoms with Gasteiger partial charge in [0.2, 0.25) is 17.7 Å². The van der Waals surface area contributed by atoms with Crippen molar-refractivity contribution in [3.8, 4) is 5.75 Å². The van der Waals surface area contributed by atoms with Gasteiger partial charge in [-0.2, -0.15) is 0 Å². The van der Waals surface area contributed by atoms with E-state index in [9.17, 15) is 19.5 Å². The van der Waals surface area contributed by atoms with Crippen LogP contribution in [0.2, 0.25) is 0 Å². The number of imide groups is 1. The fraction of sp³-hybridized carbons (Fsp3) is 0.375. The van der Waals surface area contributed by atoms with Crippen LogP contribution in [-0.4, -0.2) is 47.0 Å². The number of carbonyl (C=O) groups is 3. The van der Waals surface area contributed by atoms with Gasteiger partial charge in [0, 0.05) is 22.9 Å². The molecule has 2 fully saturated rings. The summed E-state index contributed by atoms with van der Waals surface area (Å²) in [5.74, 6) is -2.42. The molecular formula is C24H25N3O5. The Hall–Kier alpha value is -3.23. The van der Waals surface area contributed by atoms with Gasteiger partial charge in [-0.1, -0.05) is 36.4 Å². The number of para-hydroxylation sites is 2. The van der Waals surface area contributed by atoms with Crippen molar-refractivity contribution in [3.63, 3.8) is 0 Å². The van der Waals surface area contributed by atoms with E-state index >= 15 is 0 Å². The van der Waals surface area contributed by atoms with E-state index in [4.69, 9.17) is 4.74 Å². The van der Waals surface area contributed by atoms with E-state index in [2.05, 4.69) is 10.6 Å². The first-order chi connectivity index (χ1) is 15.3. The van der Waals surface area contributed by atoms with Crippen molar-refractivity contribution < 1.29 is 24.2 Å². The van der Waals surface area contributed by atoms with Gasteiger partial charge in [-0.25, -0.2) is 0 Å². The number of nitrogens with zero attached hydrogens (tertiary/aromatic N) is 1. The van der Waals surface area contributed by atoms with E-state index in [0.29, 0.717) is 22.6 Å². The third-order valence-corrected chi connectivity index (χ3v) is 7.03. The molecular weight excluding hydrogens is 410 g/mol. The number of aliphatic hydroxyl groups is 1. The van der Waals surface area contributed by atoms with Crippen LogP contribution >= 0.6 is 0 Å². The van der Waals surface area contributed by atoms with Crippen molar-refractivity contribution in [1.82, 2.24) is 10.2 Å². The Morgan fingerprint density at radius 1 is 1.12 bits per heavy atom. The number of methoxy groups -OCH3 is 1. The summed E-state index contributed by atoms with van der Waals surface area (Å²) in [7, 11) is 1.53. The van der Waals surface area contributed by atoms with Gasteiger partial charge in [0.15, 0.2) is 0 Å². The quantitative estimate of drug-likeness (QED) is 0.625. The van der Waals surface area contributed by atoms with Gasteiger partial charge in [-0.15, -0.1) is 0 Å². The van der Waals surface area contributed by atoms with E-state index in [1.165, 1.54) is 12.0 Å². The lowest BCUT2D eigenvalue weighted by atomic mass is 9.76. The molecule has 1 spiro atoms. The predicted molar refractivity (Wildman–Crippen MR) is 116 cm³/mol. The second-order valence-corrected chi connectivity index (χ2v) is 8.75. The van der Waals surface area contributed by atoms with Gasteiger partial charge in [0.25, 0.3) is 0 Å². The summed E-state index contributed by atoms with van der Waals surface area (Å²) in [5, 5.41) is 16.6. The van der Waals surface area contributed by atoms with E-state index in [1.807, 2.05) is 31.2 Å². The van der Waals surface area contributed by atoms with Gasteiger partial charge in [-0.3, -0.25) is 24.6 Å². The first-order valence-electron chi connectivity index (χ1n) is 10.7. The number of hydrogen-bond donors (Lipinski definition) is 3. The number of aliphatic hydroxyl groups excluding tert-OH is 1. The molecule has 3 aliphatic rings. The molecule has 32 heavy (non-hydrogen) atoms. The zero-order valence-corrected chi connectivity index (χ0v) is 18.1. The van der Waals surface area contributed by atoms with E-state index < -0.39 is 41.3 Å². The molecule has 0 bridgehead atoms. The molecule has 5 atom stereocenters. The smallest absolute Gasteiger partial charge is 0.250 e. The Bertz CT molecular complexity index is 1150. The van der Waals surface area contributed by atoms with Crippen molar-refractivity contribution in [2.24, 2.45) is 11.8 Å². The highest BCUT2D eigenvalue weighted by atomic mass is 16.5. The normalized spacial score (nSPS) is 29.3. The van der Waals surface area contributed by atoms with E-state index in [-0.39, 0.29) is 12.5 Å². The average molecular weight is 435 g/mol. The summed E-state index contributed by atoms with van der Waals surface area (Å²) in [6.45, 7) is 3.49. The van der Waals surface area contributed by atoms with Crippen molar-refractivity contribution in [2.45, 2.75) is 38.1 Å². The largest absolute Gasteiger partial charge is 0.496 e. The highest BCUT2D eigenvalue weighted by Crippen LogP contribution is 2.54. The molecule has 5 rings (SSSR count). The maximum atomic E-state index is 13.7. The SMILES string of the molecule is COc1ccccc1CN1C(=O)[C@@H]2[C@H]([C@H](C)O)N[C@@]3(C(=O)Nc4c(C)cccc43)[C@@H]2C1=O. The molecule has 0 aromatic heterocycles. The molecule has 3 amide bonds. The summed E-state index contributed by atoms with van der Waals surface area (Å²) in [5.41, 5.74) is 1.45. The van der Waals surface area contributed by atoms with Crippen LogP contribution in [0.4, 0.5) is 5.69 Å². The van der Waals surface area contributed by atoms with Gasteiger partial charge in [-0.05, 0) is 25.5 Å². The predicted octanol–water partition coefficient (Wildman–Crippen LogP) is 1.31. The lowest BCUT2D eigenvalue weighted by molar-refractivity contribution is -0.143. The Morgan fingerprint density at radius 2 is 1.88 bits per heavy atom. The third-order valence-electron chi connectivity index (χ3n) is 7.03. The molecule has 3 heterocycles. The van der Waals surface area contributed by atoms with Crippen LogP contribution in [0.5, 0.6) is 5.75 Å². The number of fused-ring (bicyclic) bond motifs is 4. The first kappa shape index (κ1) is 20.7. The number of nitrogens with one attached hydrogen (secondary N) is 2. The number of likely N-dealkylation sites (tertiary alicyclic amines) is 1. The fourth-order valence-electron chi connectivity index (χ4n) is 5.54. The Morgan fingerprint density at radius 3 is 2.59 bits per heavy atom. The maximum absolute atomic E-state index is 13.7. The van der Waals surface area contributed by atoms with Gasteiger partial charge < -0.3 is 15.2 Å². The molecule has 166 valence electrons. The van der Waals surface area contributed by atoms with Gasteiger partial charge in [0.05, 0.1) is 31.6 Å². The molecule has 8 nitrogen and oxygen atoms in total. The minimum absolute atomic E-state index is 0.0413. The number of rotatable bonds is 4. The van der Waals surface area contributed by atoms with E-state index in [0.717, 1.165) is 5.56 Å². The molecule has 0 aliphatic carbocycles. The summed E-state index contributed by atoms with van der Waals surface area (Å²) in [6.07, 6.45) is -0.938. The van der Waals surface area contributed by atoms with Crippen molar-refractivity contribution in [3.05, 3.63) is 59.2 Å². The number of carbonyl (C=O) groups excluding carboxylic acids is 3. The lowest BCUT2D eigenvalue weighted by Crippen LogP contribution is -2.54. The highest BCUT2D eigenvalue weighted by molar-refractivity contribution is 6.15. The molecule has 2 aromatic carbocycles. The van der Waals surface area contributed by atoms with Crippen LogP contribution in [0.25, 0.3) is 0 Å². The van der Waals surface area contributed by atoms with Crippen LogP contribution in [0.1, 0.15) is 23.6 Å². The number of ether oxygens (including phenoxy) is 1. The van der Waals surface area contributed by atoms with Gasteiger partial charge in [0.1, 0.15) is 11.3 Å². The van der Waals surface area contributed by atoms with Crippen molar-refractivity contribution in [1.29, 1.82) is 0 Å². The topological polar surface area (TPSA) is 108 Å². The molecule has 0 radical (unpaired) electrons. The average Bonchev–Trinajstić information content (AvgIpc) is 3.36. The Balaban J connectivity index is 1.62. The minimum Gasteiger partial charge on any atom is -0.496 e. The summed E-state index contributed by atoms with van der Waals surface area (Å²) >= 11 is 0. The zero-order valence-electron chi connectivity index (χ0n) is 18.1. The summed E-state index contributed by atoms with van der Waals surface area (Å²) < 4.78 is 5.38. The number of hydrogen-bond acceptors (Lipinski definition) is 6. The number of benzene rings is 2. The first-order valence-corrected chi connectivity index (χ1v) is 10.7. The minimum atomic E-state index is -1.41. The monoisotopic (exact) mass is 435 g/mol. The number of amides is 3. The second-order valence-electron chi connectivity index (χ2n) is 8.75. The maximum Gasteiger partial charge on any atom is 0.250 e. The highest BCUT2D eigenvalue weighted by Gasteiger charge is 2.71. The fourth-order valence-corrected chi connectivity index (χ4v) is 5.54. The van der Waals surface area contributed by atoms with E-state index in [1.54, 1.807) is 25.1 Å². The lowest BCUT2D eigenvalue weighted by Gasteiger charge is -2.30. The molecule has 3 aliphatic heterocycles. The molecule has 0 unspecified atom stereocenters. The van der Waals surface area contributed by atoms with Gasteiger partial charge >= 0.3 is 0 Å². The molecule has 2 aromatic rings. The van der Waals surface area contributed by atoms with Crippen LogP contribution in [-0.2, 0) is 26.5 Å². The number of anilines is 1. The summed E-state index contributed by atoms with van der Waals surface area (Å²) in [6, 6.07) is 12.0. The molecule has 2 saturated heterocycles. The third kappa shape index (κ3) is 2.59. The second kappa shape index (κ2) is 7.15. The molecule has 0 saturated carbocycles. The van der Waals surface area contributed by atoms with Crippen molar-refractivity contribution >= 4 is 23.4 Å². The zero-order chi connectivity index (χ0) is 22.8. The van der Waals surface area contributed by atoms with Crippen LogP contribution in [0.3, 0.4) is 0 Å². The van der Waals surface area contributed by atoms with Crippen LogP contribution in [0.15, 0.2) is 42.5 Å². The van der Waals surface area contributed by atoms with Crippen molar-refractivity contribution in [2.75, 3.05) is 12.4 Å².